The van der Waals surface area contributed by atoms with Gasteiger partial charge in [0.1, 0.15) is 0 Å². The first-order valence-corrected chi connectivity index (χ1v) is 6.57. The second-order valence-electron chi connectivity index (χ2n) is 5.18. The molecule has 1 saturated heterocycles. The van der Waals surface area contributed by atoms with Crippen LogP contribution < -0.4 is 15.1 Å². The maximum absolute atomic E-state index is 4.54. The second kappa shape index (κ2) is 5.56. The summed E-state index contributed by atoms with van der Waals surface area (Å²) >= 11 is 0. The van der Waals surface area contributed by atoms with Crippen molar-refractivity contribution in [2.75, 3.05) is 62.9 Å². The standard InChI is InChI=1S/C12H23N7/c1-9-8-19(7-6-18(9)5)12-15-10(13-2)14-11(16-12)17(3)4/h9H,6-8H2,1-5H3,(H,13,14,15,16). The molecule has 2 heterocycles. The van der Waals surface area contributed by atoms with E-state index in [0.29, 0.717) is 17.9 Å². The van der Waals surface area contributed by atoms with Crippen molar-refractivity contribution in [2.45, 2.75) is 13.0 Å². The van der Waals surface area contributed by atoms with Gasteiger partial charge < -0.3 is 20.0 Å². The fourth-order valence-electron chi connectivity index (χ4n) is 2.04. The van der Waals surface area contributed by atoms with Crippen LogP contribution >= 0.6 is 0 Å². The van der Waals surface area contributed by atoms with E-state index in [4.69, 9.17) is 0 Å². The van der Waals surface area contributed by atoms with Crippen LogP contribution in [-0.4, -0.2) is 73.7 Å². The predicted octanol–water partition coefficient (Wildman–Crippen LogP) is 0.120. The van der Waals surface area contributed by atoms with E-state index in [9.17, 15) is 0 Å². The third kappa shape index (κ3) is 3.04. The molecule has 1 N–H and O–H groups in total. The highest BCUT2D eigenvalue weighted by Gasteiger charge is 2.23. The van der Waals surface area contributed by atoms with Crippen LogP contribution in [0.1, 0.15) is 6.92 Å². The lowest BCUT2D eigenvalue weighted by Crippen LogP contribution is -2.50. The smallest absolute Gasteiger partial charge is 0.232 e. The lowest BCUT2D eigenvalue weighted by Gasteiger charge is -2.37. The van der Waals surface area contributed by atoms with Crippen molar-refractivity contribution in [3.05, 3.63) is 0 Å². The first-order chi connectivity index (χ1) is 9.01. The van der Waals surface area contributed by atoms with Crippen LogP contribution in [0.15, 0.2) is 0 Å². The largest absolute Gasteiger partial charge is 0.357 e. The highest BCUT2D eigenvalue weighted by molar-refractivity contribution is 5.44. The van der Waals surface area contributed by atoms with Gasteiger partial charge in [0.05, 0.1) is 0 Å². The predicted molar refractivity (Wildman–Crippen MR) is 78.0 cm³/mol. The molecule has 0 bridgehead atoms. The first-order valence-electron chi connectivity index (χ1n) is 6.57. The Morgan fingerprint density at radius 1 is 1.21 bits per heavy atom. The minimum absolute atomic E-state index is 0.506. The van der Waals surface area contributed by atoms with Crippen molar-refractivity contribution in [1.82, 2.24) is 19.9 Å². The molecular weight excluding hydrogens is 242 g/mol. The Morgan fingerprint density at radius 3 is 2.53 bits per heavy atom. The Morgan fingerprint density at radius 2 is 1.95 bits per heavy atom. The minimum Gasteiger partial charge on any atom is -0.357 e. The number of anilines is 3. The highest BCUT2D eigenvalue weighted by atomic mass is 15.4. The molecule has 0 radical (unpaired) electrons. The summed E-state index contributed by atoms with van der Waals surface area (Å²) in [6.45, 7) is 5.13. The Hall–Kier alpha value is -1.63. The van der Waals surface area contributed by atoms with E-state index in [1.807, 2.05) is 26.0 Å². The monoisotopic (exact) mass is 265 g/mol. The van der Waals surface area contributed by atoms with Crippen molar-refractivity contribution >= 4 is 17.8 Å². The van der Waals surface area contributed by atoms with Gasteiger partial charge in [-0.2, -0.15) is 15.0 Å². The van der Waals surface area contributed by atoms with Crippen molar-refractivity contribution in [1.29, 1.82) is 0 Å². The normalized spacial score (nSPS) is 20.5. The number of piperazine rings is 1. The third-order valence-corrected chi connectivity index (χ3v) is 3.48. The van der Waals surface area contributed by atoms with E-state index in [-0.39, 0.29) is 0 Å². The molecule has 1 aromatic heterocycles. The molecule has 1 atom stereocenters. The van der Waals surface area contributed by atoms with Gasteiger partial charge in [-0.1, -0.05) is 0 Å². The molecule has 106 valence electrons. The quantitative estimate of drug-likeness (QED) is 0.833. The fraction of sp³-hybridized carbons (Fsp3) is 0.750. The van der Waals surface area contributed by atoms with Crippen molar-refractivity contribution < 1.29 is 0 Å². The highest BCUT2D eigenvalue weighted by Crippen LogP contribution is 2.18. The number of hydrogen-bond donors (Lipinski definition) is 1. The Bertz CT molecular complexity index is 434. The van der Waals surface area contributed by atoms with Gasteiger partial charge in [-0.3, -0.25) is 0 Å². The summed E-state index contributed by atoms with van der Waals surface area (Å²) in [5.41, 5.74) is 0. The second-order valence-corrected chi connectivity index (χ2v) is 5.18. The number of likely N-dealkylation sites (N-methyl/N-ethyl adjacent to an activating group) is 1. The number of nitrogens with zero attached hydrogens (tertiary/aromatic N) is 6. The summed E-state index contributed by atoms with van der Waals surface area (Å²) in [4.78, 5) is 19.8. The number of hydrogen-bond acceptors (Lipinski definition) is 7. The maximum Gasteiger partial charge on any atom is 0.232 e. The molecule has 0 aromatic carbocycles. The van der Waals surface area contributed by atoms with Crippen molar-refractivity contribution in [2.24, 2.45) is 0 Å². The molecule has 7 nitrogen and oxygen atoms in total. The summed E-state index contributed by atoms with van der Waals surface area (Å²) in [5, 5.41) is 3.00. The van der Waals surface area contributed by atoms with Crippen LogP contribution in [0.4, 0.5) is 17.8 Å². The van der Waals surface area contributed by atoms with Crippen LogP contribution in [0.25, 0.3) is 0 Å². The van der Waals surface area contributed by atoms with E-state index in [1.165, 1.54) is 0 Å². The van der Waals surface area contributed by atoms with Gasteiger partial charge in [0.25, 0.3) is 0 Å². The molecule has 0 saturated carbocycles. The average molecular weight is 265 g/mol. The fourth-order valence-corrected chi connectivity index (χ4v) is 2.04. The molecule has 2 rings (SSSR count). The van der Waals surface area contributed by atoms with Gasteiger partial charge in [0, 0.05) is 46.8 Å². The van der Waals surface area contributed by atoms with Gasteiger partial charge in [-0.15, -0.1) is 0 Å². The average Bonchev–Trinajstić information content (AvgIpc) is 2.41. The third-order valence-electron chi connectivity index (χ3n) is 3.48. The molecule has 1 unspecified atom stereocenters. The molecule has 0 aliphatic carbocycles. The lowest BCUT2D eigenvalue weighted by molar-refractivity contribution is 0.233. The molecule has 0 amide bonds. The lowest BCUT2D eigenvalue weighted by atomic mass is 10.2. The van der Waals surface area contributed by atoms with Crippen LogP contribution in [0.3, 0.4) is 0 Å². The van der Waals surface area contributed by atoms with E-state index >= 15 is 0 Å². The number of rotatable bonds is 3. The molecule has 1 fully saturated rings. The van der Waals surface area contributed by atoms with Gasteiger partial charge in [-0.05, 0) is 14.0 Å². The SMILES string of the molecule is CNc1nc(N(C)C)nc(N2CCN(C)C(C)C2)n1. The first kappa shape index (κ1) is 13.8. The number of aromatic nitrogens is 3. The Balaban J connectivity index is 2.26. The van der Waals surface area contributed by atoms with Gasteiger partial charge in [0.2, 0.25) is 17.8 Å². The molecule has 7 heteroatoms. The zero-order valence-corrected chi connectivity index (χ0v) is 12.4. The molecule has 1 aliphatic heterocycles. The Kier molecular flexibility index (Phi) is 4.04. The van der Waals surface area contributed by atoms with Crippen LogP contribution in [0.5, 0.6) is 0 Å². The zero-order chi connectivity index (χ0) is 14.0. The molecule has 1 aliphatic rings. The van der Waals surface area contributed by atoms with Crippen molar-refractivity contribution in [3.8, 4) is 0 Å². The summed E-state index contributed by atoms with van der Waals surface area (Å²) in [7, 11) is 7.85. The zero-order valence-electron chi connectivity index (χ0n) is 12.4. The van der Waals surface area contributed by atoms with Crippen LogP contribution in [0.2, 0.25) is 0 Å². The van der Waals surface area contributed by atoms with E-state index in [2.05, 4.69) is 44.0 Å². The van der Waals surface area contributed by atoms with Crippen LogP contribution in [-0.2, 0) is 0 Å². The van der Waals surface area contributed by atoms with Gasteiger partial charge in [-0.25, -0.2) is 0 Å². The number of nitrogens with one attached hydrogen (secondary N) is 1. The molecule has 1 aromatic rings. The minimum atomic E-state index is 0.506. The van der Waals surface area contributed by atoms with E-state index in [0.717, 1.165) is 25.6 Å². The van der Waals surface area contributed by atoms with Gasteiger partial charge >= 0.3 is 0 Å². The molecule has 19 heavy (non-hydrogen) atoms. The summed E-state index contributed by atoms with van der Waals surface area (Å²) in [6.07, 6.45) is 0. The maximum atomic E-state index is 4.54. The van der Waals surface area contributed by atoms with E-state index < -0.39 is 0 Å². The summed E-state index contributed by atoms with van der Waals surface area (Å²) in [5.74, 6) is 2.05. The van der Waals surface area contributed by atoms with Crippen LogP contribution in [0, 0.1) is 0 Å². The van der Waals surface area contributed by atoms with Gasteiger partial charge in [0.15, 0.2) is 0 Å². The topological polar surface area (TPSA) is 60.4 Å². The van der Waals surface area contributed by atoms with E-state index in [1.54, 1.807) is 0 Å². The molecule has 0 spiro atoms. The summed E-state index contributed by atoms with van der Waals surface area (Å²) in [6, 6.07) is 0.506. The summed E-state index contributed by atoms with van der Waals surface area (Å²) < 4.78 is 0. The Labute approximate surface area is 114 Å². The molecular formula is C12H23N7. The van der Waals surface area contributed by atoms with Crippen molar-refractivity contribution in [3.63, 3.8) is 0 Å².